The van der Waals surface area contributed by atoms with Crippen molar-refractivity contribution in [1.29, 1.82) is 0 Å². The summed E-state index contributed by atoms with van der Waals surface area (Å²) in [5.41, 5.74) is 9.33. The maximum atomic E-state index is 12.2. The first-order valence-corrected chi connectivity index (χ1v) is 35.0. The predicted molar refractivity (Wildman–Crippen MR) is 408 cm³/mol. The van der Waals surface area contributed by atoms with E-state index in [1.54, 1.807) is 19.3 Å². The number of alkyl halides is 20. The number of aryl methyl sites for hydroxylation is 6. The number of hydrogen-bond acceptors (Lipinski definition) is 22. The van der Waals surface area contributed by atoms with E-state index in [1.807, 2.05) is 6.92 Å². The zero-order chi connectivity index (χ0) is 94.0. The van der Waals surface area contributed by atoms with Crippen LogP contribution in [-0.2, 0) is 77.2 Å². The molecule has 0 aromatic carbocycles. The summed E-state index contributed by atoms with van der Waals surface area (Å²) >= 11 is 21.8. The second kappa shape index (κ2) is 83.8. The number of H-pyrrole nitrogens is 1. The van der Waals surface area contributed by atoms with Crippen LogP contribution in [0.3, 0.4) is 0 Å². The minimum absolute atomic E-state index is 0. The van der Waals surface area contributed by atoms with E-state index in [0.29, 0.717) is 6.07 Å². The van der Waals surface area contributed by atoms with Crippen molar-refractivity contribution in [2.45, 2.75) is 100 Å². The molecule has 6 heterocycles. The number of halogens is 20. The molecule has 0 fully saturated rings. The van der Waals surface area contributed by atoms with E-state index in [9.17, 15) is 99.4 Å². The average molecular weight is 1850 g/mol. The molecule has 0 atom stereocenters. The molecule has 6 aromatic heterocycles. The molecule has 0 bridgehead atoms. The van der Waals surface area contributed by atoms with Gasteiger partial charge in [-0.1, -0.05) is 0 Å². The number of methoxy groups -OCH3 is 2. The fourth-order valence-electron chi connectivity index (χ4n) is 5.66. The Morgan fingerprint density at radius 1 is 0.470 bits per heavy atom. The van der Waals surface area contributed by atoms with Crippen LogP contribution < -0.4 is 57.3 Å². The summed E-state index contributed by atoms with van der Waals surface area (Å²) in [6.07, 6.45) is -8.26. The van der Waals surface area contributed by atoms with Gasteiger partial charge >= 0.3 is 90.1 Å². The number of amides is 4. The van der Waals surface area contributed by atoms with E-state index >= 15 is 0 Å². The summed E-state index contributed by atoms with van der Waals surface area (Å²) in [5.74, 6) is -2.61. The van der Waals surface area contributed by atoms with Crippen molar-refractivity contribution in [3.05, 3.63) is 176 Å². The molecular weight excluding hydrogens is 1750 g/mol. The van der Waals surface area contributed by atoms with Crippen LogP contribution in [0.15, 0.2) is 85.5 Å². The molecule has 4 amide bonds. The molecule has 28 nitrogen and oxygen atoms in total. The molecule has 0 spiro atoms. The summed E-state index contributed by atoms with van der Waals surface area (Å²) in [7, 11) is 9.81. The van der Waals surface area contributed by atoms with Gasteiger partial charge in [0, 0.05) is 114 Å². The number of imidazole rings is 1. The van der Waals surface area contributed by atoms with E-state index in [0.717, 1.165) is 66.7 Å². The van der Waals surface area contributed by atoms with Crippen molar-refractivity contribution in [3.8, 4) is 0 Å². The van der Waals surface area contributed by atoms with Crippen LogP contribution in [0.2, 0.25) is 0 Å². The normalized spacial score (nSPS) is 9.16. The number of aromatic amines is 1. The molecule has 51 heteroatoms. The maximum absolute atomic E-state index is 12.2. The Balaban J connectivity index is -0.0000000770. The topological polar surface area (TPSA) is 449 Å². The Labute approximate surface area is 714 Å². The Morgan fingerprint density at radius 3 is 0.701 bits per heavy atom. The number of aromatic carboxylic acids is 1. The number of carboxylic acid groups (broad SMARTS) is 1. The van der Waals surface area contributed by atoms with Crippen LogP contribution in [0.5, 0.6) is 0 Å². The Hall–Kier alpha value is -8.64. The number of aliphatic hydroxyl groups is 1. The number of esters is 2. The third-order valence-electron chi connectivity index (χ3n) is 10.3. The van der Waals surface area contributed by atoms with Gasteiger partial charge in [0.1, 0.15) is 40.6 Å². The number of ether oxygens (including phenoxy) is 2. The number of nitrogens with two attached hydrogens (primary N) is 3. The molecule has 0 aliphatic carbocycles. The zero-order valence-corrected chi connectivity index (χ0v) is 72.6. The number of carbonyl (C=O) groups is 8. The van der Waals surface area contributed by atoms with Gasteiger partial charge in [-0.2, -0.15) is 65.9 Å². The number of aliphatic hydroxyl groups excluding tert-OH is 1. The van der Waals surface area contributed by atoms with Crippen molar-refractivity contribution < 1.29 is 167 Å². The van der Waals surface area contributed by atoms with Crippen LogP contribution in [0, 0.1) is 41.5 Å². The third kappa shape index (κ3) is 74.6. The molecule has 6 aromatic rings. The van der Waals surface area contributed by atoms with Gasteiger partial charge in [-0.15, -0.1) is 58.0 Å². The number of hydrogen-bond donors (Lipinski definition) is 10. The van der Waals surface area contributed by atoms with Gasteiger partial charge in [0.2, 0.25) is 0 Å². The summed E-state index contributed by atoms with van der Waals surface area (Å²) in [4.78, 5) is 106. The first-order valence-electron chi connectivity index (χ1n) is 30.2. The van der Waals surface area contributed by atoms with Crippen molar-refractivity contribution in [3.63, 3.8) is 0 Å². The van der Waals surface area contributed by atoms with Crippen molar-refractivity contribution >= 4 is 114 Å². The Morgan fingerprint density at radius 2 is 0.624 bits per heavy atom. The molecule has 0 unspecified atom stereocenters. The van der Waals surface area contributed by atoms with Crippen LogP contribution in [-0.4, -0.2) is 189 Å². The number of carboxylic acids is 1. The van der Waals surface area contributed by atoms with E-state index in [2.05, 4.69) is 129 Å². The molecule has 0 aliphatic heterocycles. The Bertz CT molecular complexity index is 3370. The van der Waals surface area contributed by atoms with E-state index in [1.165, 1.54) is 149 Å². The number of nitrogens with one attached hydrogen (secondary N) is 5. The van der Waals surface area contributed by atoms with Gasteiger partial charge in [-0.3, -0.25) is 28.8 Å². The molecule has 117 heavy (non-hydrogen) atoms. The first-order chi connectivity index (χ1) is 53.3. The average Bonchev–Trinajstić information content (AvgIpc) is 1.02. The van der Waals surface area contributed by atoms with Crippen LogP contribution >= 0.6 is 58.0 Å². The quantitative estimate of drug-likeness (QED) is 0.0252. The van der Waals surface area contributed by atoms with Gasteiger partial charge in [0.25, 0.3) is 23.6 Å². The van der Waals surface area contributed by atoms with Gasteiger partial charge in [0.15, 0.2) is 0 Å². The van der Waals surface area contributed by atoms with E-state index < -0.39 is 104 Å². The van der Waals surface area contributed by atoms with Crippen molar-refractivity contribution in [2.75, 3.05) is 88.0 Å². The van der Waals surface area contributed by atoms with Gasteiger partial charge in [-0.25, -0.2) is 34.7 Å². The Kier molecular flexibility index (Phi) is 101. The van der Waals surface area contributed by atoms with Gasteiger partial charge < -0.3 is 69.4 Å². The third-order valence-corrected chi connectivity index (χ3v) is 10.3. The summed E-state index contributed by atoms with van der Waals surface area (Å²) in [5, 5.41) is 25.4. The first kappa shape index (κ1) is 140. The second-order valence-corrected chi connectivity index (χ2v) is 18.0. The molecule has 0 saturated carbocycles. The SMILES string of the molecule is CC=O.CCO.CCl.CCl.CCl.CCl.CCl.CN.CNC(=O)c1ccc(C(F)(F)F)nc1C.CNC(=O)c1ccc(C(F)(F)F)nc1C.CNC(=O)c1ccc(C(F)(F)F)nc1C.CNC(=O)c1ccc(C(F)(F)F)nc1C.COC(C)=O.COC(C)=O.Cc1nc(C(F)(F)F)ccc1C(=O)O.Cc1ncc[nH]1.N/C=C\N.[B].[H-].[Li+].[O]=[Mn]=[O]. The molecule has 0 saturated heterocycles. The fourth-order valence-corrected chi connectivity index (χ4v) is 5.66. The number of rotatable bonds is 5. The number of aromatic nitrogens is 7. The summed E-state index contributed by atoms with van der Waals surface area (Å²) < 4.78 is 208. The van der Waals surface area contributed by atoms with E-state index in [4.69, 9.17) is 34.1 Å². The van der Waals surface area contributed by atoms with Crippen LogP contribution in [0.1, 0.15) is 144 Å². The van der Waals surface area contributed by atoms with E-state index in [-0.39, 0.29) is 104 Å². The number of pyridine rings is 5. The monoisotopic (exact) mass is 1840 g/mol. The summed E-state index contributed by atoms with van der Waals surface area (Å²) in [6, 6.07) is 9.16. The van der Waals surface area contributed by atoms with Crippen molar-refractivity contribution in [1.82, 2.24) is 56.2 Å². The standard InChI is InChI=1S/4C9H9F3N2O.C8H6F3NO2.C4H6N2.2C3H6O2.C2H6N2.C2H6O.C2H4O.5CH3Cl.CH5N.B.Li.Mn.2O.H/c4*1-5-6(8(15)13-2)3-4-7(14-5)9(10,11)12;1-4-5(7(13)14)2-3-6(12-4)8(9,10)11;1-4-5-2-3-6-4;2*1-3(4)5-2;3-1-2-4;2*1-2-3;6*1-2;;;;;;/h4*3-4H,1-2H3,(H,13,15);2-3H,1H3,(H,13,14);2-3H,1H3,(H,5,6);2*1-2H3;1-2H,3-4H2;3H,2H2,1H3;2H,1H3;5*1H3;2H2,1H3;;;;;;/q;;;;;;;;;;;;;;;;;;+1;;;;-1/b;;;;;;;;2-1-;;;;;;;;;;;;;;. The number of aldehydes is 1. The predicted octanol–water partition coefficient (Wildman–Crippen LogP) is 10.2. The number of carbonyl (C=O) groups excluding carboxylic acids is 7. The minimum atomic E-state index is -4.54. The second-order valence-electron chi connectivity index (χ2n) is 17.8. The summed E-state index contributed by atoms with van der Waals surface area (Å²) in [6.45, 7) is 14.7. The van der Waals surface area contributed by atoms with Crippen LogP contribution in [0.25, 0.3) is 0 Å². The molecule has 3 radical (unpaired) electrons. The molecule has 13 N–H and O–H groups in total. The van der Waals surface area contributed by atoms with Gasteiger partial charge in [-0.05, 0) is 123 Å². The molecular formula is C66H97BCl5F15LiMnN14O14. The van der Waals surface area contributed by atoms with Gasteiger partial charge in [0.05, 0.1) is 70.5 Å². The molecule has 6 rings (SSSR count). The molecule has 0 aliphatic rings. The number of nitrogens with zero attached hydrogens (tertiary/aromatic N) is 6. The fraction of sp³-hybridized carbons (Fsp3) is 0.424. The zero-order valence-electron chi connectivity index (χ0n) is 68.6. The molecule has 666 valence electrons. The van der Waals surface area contributed by atoms with Crippen LogP contribution in [0.4, 0.5) is 65.9 Å². The van der Waals surface area contributed by atoms with Crippen molar-refractivity contribution in [2.24, 2.45) is 17.2 Å².